The zero-order valence-corrected chi connectivity index (χ0v) is 24.1. The second-order valence-corrected chi connectivity index (χ2v) is 13.4. The SMILES string of the molecule is C[C@@]1(C#N)CCCN(c2nc(OC[C@@]34CCCN3C[C@H](F)C4)nc3c2CO[C@@]2(CCCc4ccc(N)cc42)C3)CC1. The fourth-order valence-corrected chi connectivity index (χ4v) is 8.17. The lowest BCUT2D eigenvalue weighted by molar-refractivity contribution is -0.0855. The molecule has 1 aromatic carbocycles. The topological polar surface area (TPSA) is 101 Å². The van der Waals surface area contributed by atoms with Gasteiger partial charge in [-0.15, -0.1) is 0 Å². The van der Waals surface area contributed by atoms with E-state index < -0.39 is 11.8 Å². The largest absolute Gasteiger partial charge is 0.461 e. The summed E-state index contributed by atoms with van der Waals surface area (Å²) in [5.41, 5.74) is 10.4. The third kappa shape index (κ3) is 4.73. The predicted octanol–water partition coefficient (Wildman–Crippen LogP) is 4.84. The highest BCUT2D eigenvalue weighted by molar-refractivity contribution is 5.54. The van der Waals surface area contributed by atoms with E-state index in [-0.39, 0.29) is 11.0 Å². The monoisotopic (exact) mass is 560 g/mol. The number of hydrogen-bond acceptors (Lipinski definition) is 8. The minimum atomic E-state index is -0.804. The number of ether oxygens (including phenoxy) is 2. The van der Waals surface area contributed by atoms with Crippen LogP contribution in [0.2, 0.25) is 0 Å². The molecule has 3 fully saturated rings. The van der Waals surface area contributed by atoms with E-state index in [2.05, 4.69) is 34.9 Å². The average Bonchev–Trinajstić information content (AvgIpc) is 3.41. The molecule has 1 spiro atoms. The van der Waals surface area contributed by atoms with Crippen molar-refractivity contribution in [1.82, 2.24) is 14.9 Å². The van der Waals surface area contributed by atoms with Crippen LogP contribution in [0.15, 0.2) is 18.2 Å². The second kappa shape index (κ2) is 10.1. The van der Waals surface area contributed by atoms with Gasteiger partial charge >= 0.3 is 6.01 Å². The van der Waals surface area contributed by atoms with Crippen molar-refractivity contribution < 1.29 is 13.9 Å². The van der Waals surface area contributed by atoms with Crippen molar-refractivity contribution in [1.29, 1.82) is 5.26 Å². The average molecular weight is 561 g/mol. The number of nitrogen functional groups attached to an aromatic ring is 1. The molecule has 5 heterocycles. The van der Waals surface area contributed by atoms with Crippen LogP contribution in [0.25, 0.3) is 0 Å². The number of nitrogens with zero attached hydrogens (tertiary/aromatic N) is 5. The number of alkyl halides is 1. The number of halogens is 1. The van der Waals surface area contributed by atoms with Crippen molar-refractivity contribution in [3.05, 3.63) is 40.6 Å². The van der Waals surface area contributed by atoms with Crippen molar-refractivity contribution in [2.24, 2.45) is 5.41 Å². The van der Waals surface area contributed by atoms with E-state index in [0.29, 0.717) is 38.6 Å². The van der Waals surface area contributed by atoms with E-state index >= 15 is 0 Å². The lowest BCUT2D eigenvalue weighted by Crippen LogP contribution is -2.44. The highest BCUT2D eigenvalue weighted by atomic mass is 19.1. The molecule has 7 rings (SSSR count). The first-order valence-electron chi connectivity index (χ1n) is 15.4. The van der Waals surface area contributed by atoms with Gasteiger partial charge in [0.05, 0.1) is 34.9 Å². The molecule has 41 heavy (non-hydrogen) atoms. The number of benzene rings is 1. The number of nitrogens with two attached hydrogens (primary N) is 1. The van der Waals surface area contributed by atoms with E-state index in [0.717, 1.165) is 93.8 Å². The van der Waals surface area contributed by atoms with Gasteiger partial charge in [-0.25, -0.2) is 4.39 Å². The normalized spacial score (nSPS) is 33.1. The standard InChI is InChI=1S/C32H41FN6O2/c1-30(20-34)8-3-12-38(14-11-30)28-25-19-41-32(10-2-5-22-6-7-24(35)15-26(22)32)17-27(25)36-29(37-28)40-21-31-9-4-13-39(31)18-23(33)16-31/h6-7,15,23H,2-5,8-14,16-19,21,35H2,1H3/t23-,30-,31+,32+/m1/s1. The highest BCUT2D eigenvalue weighted by Gasteiger charge is 2.50. The quantitative estimate of drug-likeness (QED) is 0.531. The first-order chi connectivity index (χ1) is 19.8. The number of fused-ring (bicyclic) bond motifs is 4. The second-order valence-electron chi connectivity index (χ2n) is 13.4. The number of anilines is 2. The van der Waals surface area contributed by atoms with Crippen molar-refractivity contribution in [2.45, 2.75) is 95.1 Å². The molecule has 5 aliphatic rings. The molecule has 218 valence electrons. The molecule has 1 aliphatic carbocycles. The molecular weight excluding hydrogens is 519 g/mol. The van der Waals surface area contributed by atoms with E-state index in [9.17, 15) is 9.65 Å². The van der Waals surface area contributed by atoms with E-state index in [1.54, 1.807) is 0 Å². The summed E-state index contributed by atoms with van der Waals surface area (Å²) < 4.78 is 27.7. The lowest BCUT2D eigenvalue weighted by Gasteiger charge is -2.43. The van der Waals surface area contributed by atoms with E-state index in [1.165, 1.54) is 11.1 Å². The van der Waals surface area contributed by atoms with Crippen LogP contribution >= 0.6 is 0 Å². The summed E-state index contributed by atoms with van der Waals surface area (Å²) in [7, 11) is 0. The van der Waals surface area contributed by atoms with Crippen LogP contribution in [0.5, 0.6) is 6.01 Å². The Kier molecular flexibility index (Phi) is 6.62. The van der Waals surface area contributed by atoms with Crippen LogP contribution < -0.4 is 15.4 Å². The van der Waals surface area contributed by atoms with E-state index in [1.807, 2.05) is 6.07 Å². The number of nitriles is 1. The molecule has 4 atom stereocenters. The van der Waals surface area contributed by atoms with Crippen LogP contribution in [0.4, 0.5) is 15.9 Å². The smallest absolute Gasteiger partial charge is 0.318 e. The Morgan fingerprint density at radius 1 is 1.15 bits per heavy atom. The van der Waals surface area contributed by atoms with Gasteiger partial charge in [0.2, 0.25) is 0 Å². The van der Waals surface area contributed by atoms with Crippen molar-refractivity contribution in [3.63, 3.8) is 0 Å². The molecule has 2 N–H and O–H groups in total. The molecule has 0 bridgehead atoms. The molecule has 0 saturated carbocycles. The van der Waals surface area contributed by atoms with Crippen LogP contribution in [-0.2, 0) is 29.8 Å². The minimum absolute atomic E-state index is 0.264. The summed E-state index contributed by atoms with van der Waals surface area (Å²) in [4.78, 5) is 14.6. The van der Waals surface area contributed by atoms with Gasteiger partial charge in [0, 0.05) is 43.7 Å². The van der Waals surface area contributed by atoms with Crippen molar-refractivity contribution >= 4 is 11.5 Å². The maximum absolute atomic E-state index is 14.4. The van der Waals surface area contributed by atoms with E-state index in [4.69, 9.17) is 25.2 Å². The van der Waals surface area contributed by atoms with Gasteiger partial charge in [-0.3, -0.25) is 4.90 Å². The van der Waals surface area contributed by atoms with Gasteiger partial charge in [-0.1, -0.05) is 6.07 Å². The van der Waals surface area contributed by atoms with Gasteiger partial charge in [-0.2, -0.15) is 15.2 Å². The van der Waals surface area contributed by atoms with Gasteiger partial charge in [0.25, 0.3) is 0 Å². The third-order valence-corrected chi connectivity index (χ3v) is 10.5. The molecule has 0 radical (unpaired) electrons. The molecule has 1 aromatic heterocycles. The molecular formula is C32H41FN6O2. The Labute approximate surface area is 242 Å². The number of aryl methyl sites for hydroxylation is 1. The molecule has 2 aromatic rings. The van der Waals surface area contributed by atoms with Gasteiger partial charge in [-0.05, 0) is 88.1 Å². The summed E-state index contributed by atoms with van der Waals surface area (Å²) in [6.45, 7) is 5.88. The first kappa shape index (κ1) is 26.9. The van der Waals surface area contributed by atoms with Crippen molar-refractivity contribution in [2.75, 3.05) is 43.4 Å². The number of rotatable bonds is 4. The first-order valence-corrected chi connectivity index (χ1v) is 15.4. The number of hydrogen-bond donors (Lipinski definition) is 1. The Morgan fingerprint density at radius 3 is 2.90 bits per heavy atom. The minimum Gasteiger partial charge on any atom is -0.461 e. The Balaban J connectivity index is 1.24. The Morgan fingerprint density at radius 2 is 2.02 bits per heavy atom. The molecule has 3 saturated heterocycles. The Bertz CT molecular complexity index is 1380. The molecule has 0 unspecified atom stereocenters. The molecule has 4 aliphatic heterocycles. The third-order valence-electron chi connectivity index (χ3n) is 10.5. The summed E-state index contributed by atoms with van der Waals surface area (Å²) >= 11 is 0. The van der Waals surface area contributed by atoms with Crippen LogP contribution in [0.1, 0.15) is 80.7 Å². The fourth-order valence-electron chi connectivity index (χ4n) is 8.17. The van der Waals surface area contributed by atoms with Crippen molar-refractivity contribution in [3.8, 4) is 12.1 Å². The Hall–Kier alpha value is -2.96. The lowest BCUT2D eigenvalue weighted by atomic mass is 9.74. The zero-order chi connectivity index (χ0) is 28.2. The van der Waals surface area contributed by atoms with Crippen LogP contribution in [0, 0.1) is 16.7 Å². The number of aromatic nitrogens is 2. The summed E-state index contributed by atoms with van der Waals surface area (Å²) in [6.07, 6.45) is 7.93. The van der Waals surface area contributed by atoms with Crippen LogP contribution in [-0.4, -0.2) is 59.4 Å². The predicted molar refractivity (Wildman–Crippen MR) is 154 cm³/mol. The maximum atomic E-state index is 14.4. The summed E-state index contributed by atoms with van der Waals surface area (Å²) in [5.74, 6) is 0.862. The van der Waals surface area contributed by atoms with Crippen LogP contribution in [0.3, 0.4) is 0 Å². The van der Waals surface area contributed by atoms with Gasteiger partial charge in [0.1, 0.15) is 18.6 Å². The maximum Gasteiger partial charge on any atom is 0.318 e. The summed E-state index contributed by atoms with van der Waals surface area (Å²) in [5, 5.41) is 9.80. The van der Waals surface area contributed by atoms with Gasteiger partial charge in [0.15, 0.2) is 0 Å². The zero-order valence-electron chi connectivity index (χ0n) is 24.1. The molecule has 8 nitrogen and oxygen atoms in total. The summed E-state index contributed by atoms with van der Waals surface area (Å²) in [6, 6.07) is 9.11. The fraction of sp³-hybridized carbons (Fsp3) is 0.656. The highest BCUT2D eigenvalue weighted by Crippen LogP contribution is 2.47. The molecule has 9 heteroatoms. The molecule has 0 amide bonds. The van der Waals surface area contributed by atoms with Gasteiger partial charge < -0.3 is 20.1 Å².